The van der Waals surface area contributed by atoms with Crippen LogP contribution in [0.2, 0.25) is 0 Å². The van der Waals surface area contributed by atoms with E-state index >= 15 is 0 Å². The first-order valence-corrected chi connectivity index (χ1v) is 9.93. The molecule has 2 aliphatic heterocycles. The van der Waals surface area contributed by atoms with Crippen LogP contribution in [0.25, 0.3) is 0 Å². The molecule has 28 heavy (non-hydrogen) atoms. The Morgan fingerprint density at radius 2 is 1.96 bits per heavy atom. The Hall–Kier alpha value is -1.48. The minimum atomic E-state index is -0.0314. The molecule has 2 atom stereocenters. The molecule has 1 aromatic rings. The van der Waals surface area contributed by atoms with Gasteiger partial charge in [-0.15, -0.1) is 24.0 Å². The molecule has 0 bridgehead atoms. The van der Waals surface area contributed by atoms with Crippen LogP contribution in [-0.2, 0) is 0 Å². The van der Waals surface area contributed by atoms with Gasteiger partial charge in [0.2, 0.25) is 0 Å². The van der Waals surface area contributed by atoms with Gasteiger partial charge in [-0.25, -0.2) is 4.99 Å². The third kappa shape index (κ3) is 6.01. The molecule has 2 heterocycles. The van der Waals surface area contributed by atoms with Crippen molar-refractivity contribution in [2.24, 2.45) is 4.99 Å². The number of methoxy groups -OCH3 is 1. The first kappa shape index (κ1) is 22.8. The smallest absolute Gasteiger partial charge is 0.194 e. The minimum absolute atomic E-state index is 0. The van der Waals surface area contributed by atoms with E-state index in [1.54, 1.807) is 7.11 Å². The number of guanidine groups is 1. The van der Waals surface area contributed by atoms with Crippen molar-refractivity contribution in [2.45, 2.75) is 32.4 Å². The van der Waals surface area contributed by atoms with E-state index < -0.39 is 0 Å². The van der Waals surface area contributed by atoms with Crippen LogP contribution in [0, 0.1) is 0 Å². The summed E-state index contributed by atoms with van der Waals surface area (Å²) in [5, 5.41) is 3.44. The summed E-state index contributed by atoms with van der Waals surface area (Å²) in [6.45, 7) is 9.88. The number of nitrogens with one attached hydrogen (secondary N) is 1. The maximum absolute atomic E-state index is 6.04. The first-order valence-electron chi connectivity index (χ1n) is 9.93. The standard InChI is InChI=1S/C21H32N4O2.HI/c1-4-22-21(25-14-11-18(16-25)24-12-7-8-13-24)23-15-17(2)27-20-10-6-5-9-19(20)26-3;/h5-10,17-18H,4,11-16H2,1-3H3,(H,22,23);1H. The molecule has 156 valence electrons. The summed E-state index contributed by atoms with van der Waals surface area (Å²) in [7, 11) is 1.66. The second-order valence-electron chi connectivity index (χ2n) is 7.09. The number of rotatable bonds is 7. The lowest BCUT2D eigenvalue weighted by molar-refractivity contribution is 0.218. The number of ether oxygens (including phenoxy) is 2. The van der Waals surface area contributed by atoms with Crippen LogP contribution < -0.4 is 14.8 Å². The van der Waals surface area contributed by atoms with Gasteiger partial charge in [-0.05, 0) is 32.4 Å². The van der Waals surface area contributed by atoms with Crippen molar-refractivity contribution in [2.75, 3.05) is 46.4 Å². The monoisotopic (exact) mass is 500 g/mol. The second kappa shape index (κ2) is 11.5. The normalized spacial score (nSPS) is 20.8. The molecule has 7 heteroatoms. The van der Waals surface area contributed by atoms with E-state index in [4.69, 9.17) is 14.5 Å². The van der Waals surface area contributed by atoms with E-state index in [9.17, 15) is 0 Å². The number of likely N-dealkylation sites (tertiary alicyclic amines) is 1. The Morgan fingerprint density at radius 3 is 2.64 bits per heavy atom. The molecule has 0 aromatic heterocycles. The third-order valence-corrected chi connectivity index (χ3v) is 5.06. The summed E-state index contributed by atoms with van der Waals surface area (Å²) in [6, 6.07) is 8.35. The fourth-order valence-corrected chi connectivity index (χ4v) is 3.64. The third-order valence-electron chi connectivity index (χ3n) is 5.06. The number of benzene rings is 1. The second-order valence-corrected chi connectivity index (χ2v) is 7.09. The van der Waals surface area contributed by atoms with E-state index in [-0.39, 0.29) is 30.1 Å². The van der Waals surface area contributed by atoms with Crippen molar-refractivity contribution in [3.05, 3.63) is 36.4 Å². The van der Waals surface area contributed by atoms with Crippen molar-refractivity contribution in [3.63, 3.8) is 0 Å². The van der Waals surface area contributed by atoms with Crippen LogP contribution >= 0.6 is 24.0 Å². The number of aliphatic imine (C=N–C) groups is 1. The minimum Gasteiger partial charge on any atom is -0.493 e. The Balaban J connectivity index is 0.00000280. The van der Waals surface area contributed by atoms with Crippen LogP contribution in [0.15, 0.2) is 41.4 Å². The van der Waals surface area contributed by atoms with Gasteiger partial charge in [0.05, 0.1) is 13.7 Å². The molecular weight excluding hydrogens is 467 g/mol. The van der Waals surface area contributed by atoms with Gasteiger partial charge in [0.25, 0.3) is 0 Å². The maximum Gasteiger partial charge on any atom is 0.194 e. The van der Waals surface area contributed by atoms with Gasteiger partial charge in [-0.3, -0.25) is 4.90 Å². The molecule has 1 saturated heterocycles. The lowest BCUT2D eigenvalue weighted by Gasteiger charge is -2.25. The molecule has 3 rings (SSSR count). The summed E-state index contributed by atoms with van der Waals surface area (Å²) in [5.74, 6) is 2.50. The van der Waals surface area contributed by atoms with Gasteiger partial charge < -0.3 is 19.7 Å². The van der Waals surface area contributed by atoms with E-state index in [0.717, 1.165) is 50.2 Å². The van der Waals surface area contributed by atoms with Crippen LogP contribution in [0.3, 0.4) is 0 Å². The van der Waals surface area contributed by atoms with Crippen molar-refractivity contribution < 1.29 is 9.47 Å². The highest BCUT2D eigenvalue weighted by Gasteiger charge is 2.29. The molecule has 0 aliphatic carbocycles. The Morgan fingerprint density at radius 1 is 1.25 bits per heavy atom. The summed E-state index contributed by atoms with van der Waals surface area (Å²) < 4.78 is 11.4. The van der Waals surface area contributed by atoms with Gasteiger partial charge >= 0.3 is 0 Å². The SMILES string of the molecule is CCNC(=NCC(C)Oc1ccccc1OC)N1CCC(N2CC=CC2)C1.I. The highest BCUT2D eigenvalue weighted by atomic mass is 127. The molecule has 0 spiro atoms. The molecule has 2 unspecified atom stereocenters. The zero-order chi connectivity index (χ0) is 19.1. The Labute approximate surface area is 186 Å². The molecule has 6 nitrogen and oxygen atoms in total. The molecule has 1 aromatic carbocycles. The number of hydrogen-bond acceptors (Lipinski definition) is 4. The van der Waals surface area contributed by atoms with Crippen molar-refractivity contribution >= 4 is 29.9 Å². The molecule has 1 fully saturated rings. The van der Waals surface area contributed by atoms with E-state index in [1.165, 1.54) is 6.42 Å². The highest BCUT2D eigenvalue weighted by Crippen LogP contribution is 2.26. The quantitative estimate of drug-likeness (QED) is 0.270. The summed E-state index contributed by atoms with van der Waals surface area (Å²) in [6.07, 6.45) is 5.69. The molecule has 0 radical (unpaired) electrons. The topological polar surface area (TPSA) is 49.3 Å². The molecule has 0 saturated carbocycles. The average Bonchev–Trinajstić information content (AvgIpc) is 3.37. The van der Waals surface area contributed by atoms with Gasteiger partial charge in [0.1, 0.15) is 6.10 Å². The lowest BCUT2D eigenvalue weighted by atomic mass is 10.2. The fourth-order valence-electron chi connectivity index (χ4n) is 3.64. The van der Waals surface area contributed by atoms with Crippen molar-refractivity contribution in [1.29, 1.82) is 0 Å². The Kier molecular flexibility index (Phi) is 9.37. The predicted molar refractivity (Wildman–Crippen MR) is 125 cm³/mol. The van der Waals surface area contributed by atoms with Crippen LogP contribution in [0.4, 0.5) is 0 Å². The summed E-state index contributed by atoms with van der Waals surface area (Å²) >= 11 is 0. The fraction of sp³-hybridized carbons (Fsp3) is 0.571. The predicted octanol–water partition coefficient (Wildman–Crippen LogP) is 2.99. The van der Waals surface area contributed by atoms with Gasteiger partial charge in [-0.2, -0.15) is 0 Å². The summed E-state index contributed by atoms with van der Waals surface area (Å²) in [5.41, 5.74) is 0. The molecule has 1 N–H and O–H groups in total. The van der Waals surface area contributed by atoms with Gasteiger partial charge in [0.15, 0.2) is 17.5 Å². The van der Waals surface area contributed by atoms with Gasteiger partial charge in [-0.1, -0.05) is 24.3 Å². The van der Waals surface area contributed by atoms with Gasteiger partial charge in [0, 0.05) is 38.8 Å². The first-order chi connectivity index (χ1) is 13.2. The van der Waals surface area contributed by atoms with E-state index in [0.29, 0.717) is 12.6 Å². The highest BCUT2D eigenvalue weighted by molar-refractivity contribution is 14.0. The lowest BCUT2D eigenvalue weighted by Crippen LogP contribution is -2.43. The summed E-state index contributed by atoms with van der Waals surface area (Å²) in [4.78, 5) is 9.76. The number of nitrogens with zero attached hydrogens (tertiary/aromatic N) is 3. The number of para-hydroxylation sites is 2. The molecule has 0 amide bonds. The maximum atomic E-state index is 6.04. The number of halogens is 1. The Bertz CT molecular complexity index is 660. The zero-order valence-electron chi connectivity index (χ0n) is 17.1. The van der Waals surface area contributed by atoms with Crippen molar-refractivity contribution in [1.82, 2.24) is 15.1 Å². The van der Waals surface area contributed by atoms with Crippen LogP contribution in [0.5, 0.6) is 11.5 Å². The van der Waals surface area contributed by atoms with Crippen LogP contribution in [0.1, 0.15) is 20.3 Å². The van der Waals surface area contributed by atoms with E-state index in [2.05, 4.69) is 34.2 Å². The van der Waals surface area contributed by atoms with E-state index in [1.807, 2.05) is 31.2 Å². The molecule has 2 aliphatic rings. The number of hydrogen-bond donors (Lipinski definition) is 1. The van der Waals surface area contributed by atoms with Crippen molar-refractivity contribution in [3.8, 4) is 11.5 Å². The largest absolute Gasteiger partial charge is 0.493 e. The van der Waals surface area contributed by atoms with Crippen LogP contribution in [-0.4, -0.2) is 74.3 Å². The average molecular weight is 500 g/mol. The molecular formula is C21H33IN4O2. The zero-order valence-corrected chi connectivity index (χ0v) is 19.5.